The molecule has 23 heavy (non-hydrogen) atoms. The molecule has 124 valence electrons. The summed E-state index contributed by atoms with van der Waals surface area (Å²) in [6, 6.07) is 7.86. The summed E-state index contributed by atoms with van der Waals surface area (Å²) in [6.07, 6.45) is 3.40. The van der Waals surface area contributed by atoms with Crippen LogP contribution in [0, 0.1) is 0 Å². The Labute approximate surface area is 137 Å². The second-order valence-electron chi connectivity index (χ2n) is 6.57. The van der Waals surface area contributed by atoms with Gasteiger partial charge < -0.3 is 10.2 Å². The second-order valence-corrected chi connectivity index (χ2v) is 6.57. The fourth-order valence-corrected chi connectivity index (χ4v) is 3.67. The summed E-state index contributed by atoms with van der Waals surface area (Å²) in [6.45, 7) is 6.65. The molecule has 2 atom stereocenters. The van der Waals surface area contributed by atoms with Crippen LogP contribution < -0.4 is 5.32 Å². The maximum Gasteiger partial charge on any atom is 0.322 e. The van der Waals surface area contributed by atoms with Crippen molar-refractivity contribution in [1.82, 2.24) is 9.80 Å². The molecule has 0 bridgehead atoms. The quantitative estimate of drug-likeness (QED) is 0.873. The number of amides is 2. The highest BCUT2D eigenvalue weighted by molar-refractivity contribution is 5.95. The van der Waals surface area contributed by atoms with Gasteiger partial charge in [-0.15, -0.1) is 0 Å². The zero-order valence-corrected chi connectivity index (χ0v) is 13.9. The van der Waals surface area contributed by atoms with E-state index >= 15 is 0 Å². The zero-order valence-electron chi connectivity index (χ0n) is 13.9. The van der Waals surface area contributed by atoms with Crippen LogP contribution in [0.1, 0.15) is 43.5 Å². The van der Waals surface area contributed by atoms with Gasteiger partial charge in [-0.1, -0.05) is 6.92 Å². The maximum atomic E-state index is 12.7. The number of carbonyl (C=O) groups excluding carboxylic acids is 2. The lowest BCUT2D eigenvalue weighted by Crippen LogP contribution is -2.58. The normalized spacial score (nSPS) is 24.3. The largest absolute Gasteiger partial charge is 0.322 e. The summed E-state index contributed by atoms with van der Waals surface area (Å²) in [4.78, 5) is 28.5. The van der Waals surface area contributed by atoms with E-state index in [1.54, 1.807) is 31.2 Å². The third kappa shape index (κ3) is 3.39. The van der Waals surface area contributed by atoms with Crippen LogP contribution in [0.2, 0.25) is 0 Å². The summed E-state index contributed by atoms with van der Waals surface area (Å²) in [5, 5.41) is 2.98. The van der Waals surface area contributed by atoms with Crippen LogP contribution in [0.3, 0.4) is 0 Å². The van der Waals surface area contributed by atoms with Crippen molar-refractivity contribution in [2.24, 2.45) is 0 Å². The number of anilines is 1. The molecule has 2 saturated heterocycles. The van der Waals surface area contributed by atoms with Gasteiger partial charge >= 0.3 is 6.03 Å². The number of fused-ring (bicyclic) bond motifs is 1. The van der Waals surface area contributed by atoms with Crippen molar-refractivity contribution in [2.45, 2.75) is 45.2 Å². The van der Waals surface area contributed by atoms with E-state index < -0.39 is 0 Å². The lowest BCUT2D eigenvalue weighted by Gasteiger charge is -2.43. The molecule has 2 amide bonds. The van der Waals surface area contributed by atoms with E-state index in [2.05, 4.69) is 17.1 Å². The molecule has 2 heterocycles. The Morgan fingerprint density at radius 3 is 2.61 bits per heavy atom. The van der Waals surface area contributed by atoms with Crippen molar-refractivity contribution in [1.29, 1.82) is 0 Å². The molecule has 2 aliphatic rings. The number of benzene rings is 1. The molecule has 0 aromatic heterocycles. The molecule has 2 fully saturated rings. The monoisotopic (exact) mass is 315 g/mol. The minimum atomic E-state index is -0.0287. The van der Waals surface area contributed by atoms with Gasteiger partial charge in [0.1, 0.15) is 0 Å². The summed E-state index contributed by atoms with van der Waals surface area (Å²) < 4.78 is 0. The SMILES string of the molecule is CC[C@@H]1CN2CCC[C@H]2CN1C(=O)Nc1ccc(C(C)=O)cc1. The van der Waals surface area contributed by atoms with Gasteiger partial charge in [0, 0.05) is 36.4 Å². The van der Waals surface area contributed by atoms with Gasteiger partial charge in [0.2, 0.25) is 0 Å². The molecule has 5 nitrogen and oxygen atoms in total. The smallest absolute Gasteiger partial charge is 0.319 e. The van der Waals surface area contributed by atoms with Crippen LogP contribution in [0.4, 0.5) is 10.5 Å². The predicted molar refractivity (Wildman–Crippen MR) is 90.8 cm³/mol. The Balaban J connectivity index is 1.67. The Hall–Kier alpha value is -1.88. The number of nitrogens with zero attached hydrogens (tertiary/aromatic N) is 2. The number of nitrogens with one attached hydrogen (secondary N) is 1. The fraction of sp³-hybridized carbons (Fsp3) is 0.556. The van der Waals surface area contributed by atoms with E-state index in [0.717, 1.165) is 25.2 Å². The van der Waals surface area contributed by atoms with Crippen LogP contribution in [-0.4, -0.2) is 53.3 Å². The summed E-state index contributed by atoms with van der Waals surface area (Å²) in [7, 11) is 0. The Morgan fingerprint density at radius 1 is 1.22 bits per heavy atom. The van der Waals surface area contributed by atoms with Gasteiger partial charge in [0.15, 0.2) is 5.78 Å². The third-order valence-electron chi connectivity index (χ3n) is 5.07. The standard InChI is InChI=1S/C18H25N3O2/c1-3-16-11-20-10-4-5-17(20)12-21(16)18(23)19-15-8-6-14(7-9-15)13(2)22/h6-9,16-17H,3-5,10-12H2,1-2H3,(H,19,23)/t16-,17+/m1/s1. The number of urea groups is 1. The molecule has 2 aliphatic heterocycles. The zero-order chi connectivity index (χ0) is 16.4. The van der Waals surface area contributed by atoms with Crippen LogP contribution in [-0.2, 0) is 0 Å². The number of rotatable bonds is 3. The average Bonchev–Trinajstić information content (AvgIpc) is 3.01. The number of hydrogen-bond donors (Lipinski definition) is 1. The van der Waals surface area contributed by atoms with Crippen molar-refractivity contribution in [3.05, 3.63) is 29.8 Å². The van der Waals surface area contributed by atoms with E-state index in [0.29, 0.717) is 11.6 Å². The van der Waals surface area contributed by atoms with Crippen LogP contribution >= 0.6 is 0 Å². The summed E-state index contributed by atoms with van der Waals surface area (Å²) in [5.41, 5.74) is 1.40. The van der Waals surface area contributed by atoms with Crippen molar-refractivity contribution in [2.75, 3.05) is 25.0 Å². The Morgan fingerprint density at radius 2 is 1.96 bits per heavy atom. The summed E-state index contributed by atoms with van der Waals surface area (Å²) >= 11 is 0. The van der Waals surface area contributed by atoms with Gasteiger partial charge in [-0.25, -0.2) is 4.79 Å². The number of ketones is 1. The number of carbonyl (C=O) groups is 2. The van der Waals surface area contributed by atoms with Crippen molar-refractivity contribution < 1.29 is 9.59 Å². The highest BCUT2D eigenvalue weighted by Gasteiger charge is 2.37. The first-order valence-corrected chi connectivity index (χ1v) is 8.51. The molecular formula is C18H25N3O2. The van der Waals surface area contributed by atoms with E-state index in [1.165, 1.54) is 19.4 Å². The van der Waals surface area contributed by atoms with Gasteiger partial charge in [-0.05, 0) is 57.0 Å². The third-order valence-corrected chi connectivity index (χ3v) is 5.07. The maximum absolute atomic E-state index is 12.7. The molecular weight excluding hydrogens is 290 g/mol. The molecule has 1 aromatic carbocycles. The van der Waals surface area contributed by atoms with E-state index in [1.807, 2.05) is 4.90 Å². The highest BCUT2D eigenvalue weighted by atomic mass is 16.2. The fourth-order valence-electron chi connectivity index (χ4n) is 3.67. The first kappa shape index (κ1) is 16.0. The minimum absolute atomic E-state index is 0.0287. The Bertz CT molecular complexity index is 584. The molecule has 3 rings (SSSR count). The second kappa shape index (κ2) is 6.71. The Kier molecular flexibility index (Phi) is 4.66. The number of Topliss-reactive ketones (excluding diaryl/α,β-unsaturated/α-hetero) is 1. The van der Waals surface area contributed by atoms with Crippen molar-refractivity contribution in [3.8, 4) is 0 Å². The molecule has 0 aliphatic carbocycles. The topological polar surface area (TPSA) is 52.6 Å². The number of hydrogen-bond acceptors (Lipinski definition) is 3. The van der Waals surface area contributed by atoms with Gasteiger partial charge in [0.05, 0.1) is 0 Å². The minimum Gasteiger partial charge on any atom is -0.319 e. The molecule has 5 heteroatoms. The van der Waals surface area contributed by atoms with Crippen molar-refractivity contribution in [3.63, 3.8) is 0 Å². The molecule has 0 unspecified atom stereocenters. The van der Waals surface area contributed by atoms with Crippen LogP contribution in [0.5, 0.6) is 0 Å². The van der Waals surface area contributed by atoms with Gasteiger partial charge in [0.25, 0.3) is 0 Å². The predicted octanol–water partition coefficient (Wildman–Crippen LogP) is 2.98. The molecule has 0 saturated carbocycles. The lowest BCUT2D eigenvalue weighted by atomic mass is 10.1. The van der Waals surface area contributed by atoms with E-state index in [9.17, 15) is 9.59 Å². The van der Waals surface area contributed by atoms with Gasteiger partial charge in [-0.3, -0.25) is 9.69 Å². The molecule has 1 aromatic rings. The molecule has 0 spiro atoms. The van der Waals surface area contributed by atoms with E-state index in [-0.39, 0.29) is 17.9 Å². The lowest BCUT2D eigenvalue weighted by molar-refractivity contribution is 0.0767. The van der Waals surface area contributed by atoms with Crippen molar-refractivity contribution >= 4 is 17.5 Å². The van der Waals surface area contributed by atoms with Crippen LogP contribution in [0.25, 0.3) is 0 Å². The number of piperazine rings is 1. The van der Waals surface area contributed by atoms with Crippen LogP contribution in [0.15, 0.2) is 24.3 Å². The molecule has 0 radical (unpaired) electrons. The molecule has 1 N–H and O–H groups in total. The highest BCUT2D eigenvalue weighted by Crippen LogP contribution is 2.26. The average molecular weight is 315 g/mol. The van der Waals surface area contributed by atoms with Gasteiger partial charge in [-0.2, -0.15) is 0 Å². The first-order valence-electron chi connectivity index (χ1n) is 8.51. The summed E-state index contributed by atoms with van der Waals surface area (Å²) in [5.74, 6) is 0.0336. The first-order chi connectivity index (χ1) is 11.1. The van der Waals surface area contributed by atoms with E-state index in [4.69, 9.17) is 0 Å².